The fourth-order valence-corrected chi connectivity index (χ4v) is 1.52. The van der Waals surface area contributed by atoms with Crippen LogP contribution in [0.5, 0.6) is 0 Å². The lowest BCUT2D eigenvalue weighted by atomic mass is 10.1. The zero-order valence-corrected chi connectivity index (χ0v) is 11.0. The molecule has 0 fully saturated rings. The van der Waals surface area contributed by atoms with Gasteiger partial charge in [-0.3, -0.25) is 0 Å². The molecule has 0 aromatic rings. The van der Waals surface area contributed by atoms with Crippen LogP contribution in [0.4, 0.5) is 0 Å². The predicted octanol–water partition coefficient (Wildman–Crippen LogP) is 4.04. The highest BCUT2D eigenvalue weighted by Crippen LogP contribution is 2.15. The molecule has 0 N–H and O–H groups in total. The van der Waals surface area contributed by atoms with E-state index in [0.717, 1.165) is 5.57 Å². The molecule has 2 rings (SSSR count). The summed E-state index contributed by atoms with van der Waals surface area (Å²) in [5.74, 6) is 0.714. The molecule has 0 aromatic carbocycles. The van der Waals surface area contributed by atoms with E-state index < -0.39 is 0 Å². The van der Waals surface area contributed by atoms with E-state index in [2.05, 4.69) is 0 Å². The van der Waals surface area contributed by atoms with Gasteiger partial charge in [0.15, 0.2) is 0 Å². The van der Waals surface area contributed by atoms with E-state index in [1.165, 1.54) is 25.0 Å². The minimum atomic E-state index is 0.436. The maximum absolute atomic E-state index is 5.60. The van der Waals surface area contributed by atoms with Crippen LogP contribution in [0.1, 0.15) is 0 Å². The molecular formula is C17H16O3. The lowest BCUT2D eigenvalue weighted by molar-refractivity contribution is 0.267. The van der Waals surface area contributed by atoms with Gasteiger partial charge in [-0.2, -0.15) is 0 Å². The number of rotatable bonds is 0. The minimum absolute atomic E-state index is 0.436. The molecule has 3 heteroatoms. The molecule has 0 radical (unpaired) electrons. The van der Waals surface area contributed by atoms with E-state index in [9.17, 15) is 0 Å². The smallest absolute Gasteiger partial charge is 0.133 e. The molecule has 3 nitrogen and oxygen atoms in total. The van der Waals surface area contributed by atoms with E-state index in [1.54, 1.807) is 0 Å². The van der Waals surface area contributed by atoms with Gasteiger partial charge in [-0.05, 0) is 12.2 Å². The molecule has 20 heavy (non-hydrogen) atoms. The number of allylic oxidation sites excluding steroid dienone is 9. The Morgan fingerprint density at radius 1 is 0.750 bits per heavy atom. The van der Waals surface area contributed by atoms with E-state index in [-0.39, 0.29) is 0 Å². The topological polar surface area (TPSA) is 27.7 Å². The average molecular weight is 268 g/mol. The zero-order chi connectivity index (χ0) is 13.9. The first kappa shape index (κ1) is 13.7. The molecule has 0 spiro atoms. The van der Waals surface area contributed by atoms with Gasteiger partial charge in [-0.25, -0.2) is 0 Å². The summed E-state index contributed by atoms with van der Waals surface area (Å²) in [6.07, 6.45) is 25.3. The molecule has 0 aromatic heterocycles. The quantitative estimate of drug-likeness (QED) is 0.663. The van der Waals surface area contributed by atoms with E-state index >= 15 is 0 Å². The van der Waals surface area contributed by atoms with Crippen LogP contribution in [0, 0.1) is 0 Å². The Hall–Kier alpha value is -2.68. The molecule has 0 amide bonds. The van der Waals surface area contributed by atoms with Crippen LogP contribution in [0.15, 0.2) is 97.1 Å². The Balaban J connectivity index is 2.31. The molecule has 1 aliphatic heterocycles. The van der Waals surface area contributed by atoms with Gasteiger partial charge >= 0.3 is 0 Å². The molecule has 102 valence electrons. The third-order valence-electron chi connectivity index (χ3n) is 2.43. The van der Waals surface area contributed by atoms with Crippen molar-refractivity contribution in [1.29, 1.82) is 0 Å². The van der Waals surface area contributed by atoms with Crippen molar-refractivity contribution in [2.24, 2.45) is 0 Å². The Labute approximate surface area is 118 Å². The Morgan fingerprint density at radius 2 is 1.50 bits per heavy atom. The van der Waals surface area contributed by atoms with Gasteiger partial charge in [0.2, 0.25) is 0 Å². The standard InChI is InChI=1S/C17H16O3/c1-2-4-6-8-16-10-11-18-12-13-19-14-15-20-17(16)9-7-5-3-1/h1-10,12-15H,11H2/b3-1?,4-2?,7-5+,8-6-,13-12-,15-14-,16-10-,17-9-. The molecule has 0 bridgehead atoms. The van der Waals surface area contributed by atoms with Crippen molar-refractivity contribution in [3.05, 3.63) is 97.1 Å². The number of fused-ring (bicyclic) bond motifs is 1. The molecule has 0 atom stereocenters. The molecule has 1 aliphatic carbocycles. The van der Waals surface area contributed by atoms with E-state index in [4.69, 9.17) is 14.2 Å². The fraction of sp³-hybridized carbons (Fsp3) is 0.0588. The first-order valence-corrected chi connectivity index (χ1v) is 6.29. The van der Waals surface area contributed by atoms with Crippen LogP contribution in [-0.2, 0) is 14.2 Å². The van der Waals surface area contributed by atoms with Crippen molar-refractivity contribution >= 4 is 0 Å². The highest BCUT2D eigenvalue weighted by Gasteiger charge is 2.02. The van der Waals surface area contributed by atoms with Crippen molar-refractivity contribution in [2.75, 3.05) is 6.61 Å². The summed E-state index contributed by atoms with van der Waals surface area (Å²) >= 11 is 0. The van der Waals surface area contributed by atoms with Crippen molar-refractivity contribution in [3.63, 3.8) is 0 Å². The molecule has 0 unspecified atom stereocenters. The Bertz CT molecular complexity index is 541. The summed E-state index contributed by atoms with van der Waals surface area (Å²) < 4.78 is 15.9. The second kappa shape index (κ2) is 8.43. The molecule has 2 aliphatic rings. The van der Waals surface area contributed by atoms with E-state index in [1.807, 2.05) is 60.8 Å². The van der Waals surface area contributed by atoms with Gasteiger partial charge in [-0.15, -0.1) is 0 Å². The lowest BCUT2D eigenvalue weighted by Gasteiger charge is -2.07. The number of hydrogen-bond donors (Lipinski definition) is 0. The summed E-state index contributed by atoms with van der Waals surface area (Å²) in [5.41, 5.74) is 0.932. The SMILES string of the molecule is C1=C\C=C/C2=C/CO/C=C\O/C=C\O\C2=C/C=C/C=C1. The van der Waals surface area contributed by atoms with Gasteiger partial charge in [-0.1, -0.05) is 48.6 Å². The summed E-state index contributed by atoms with van der Waals surface area (Å²) in [6, 6.07) is 0. The second-order valence-corrected chi connectivity index (χ2v) is 3.84. The summed E-state index contributed by atoms with van der Waals surface area (Å²) in [5, 5.41) is 0. The second-order valence-electron chi connectivity index (χ2n) is 3.84. The minimum Gasteiger partial charge on any atom is -0.494 e. The normalized spacial score (nSPS) is 30.0. The predicted molar refractivity (Wildman–Crippen MR) is 79.1 cm³/mol. The molecule has 0 saturated carbocycles. The fourth-order valence-electron chi connectivity index (χ4n) is 1.52. The lowest BCUT2D eigenvalue weighted by Crippen LogP contribution is -1.92. The summed E-state index contributed by atoms with van der Waals surface area (Å²) in [4.78, 5) is 0. The summed E-state index contributed by atoms with van der Waals surface area (Å²) in [6.45, 7) is 0.436. The first-order chi connectivity index (χ1) is 9.97. The number of ether oxygens (including phenoxy) is 3. The van der Waals surface area contributed by atoms with Gasteiger partial charge in [0.05, 0.1) is 0 Å². The molecule has 1 heterocycles. The van der Waals surface area contributed by atoms with Gasteiger partial charge in [0.25, 0.3) is 0 Å². The highest BCUT2D eigenvalue weighted by atomic mass is 16.5. The van der Waals surface area contributed by atoms with Crippen molar-refractivity contribution in [2.45, 2.75) is 0 Å². The van der Waals surface area contributed by atoms with E-state index in [0.29, 0.717) is 12.4 Å². The summed E-state index contributed by atoms with van der Waals surface area (Å²) in [7, 11) is 0. The van der Waals surface area contributed by atoms with Crippen LogP contribution in [0.2, 0.25) is 0 Å². The third-order valence-corrected chi connectivity index (χ3v) is 2.43. The van der Waals surface area contributed by atoms with Gasteiger partial charge in [0, 0.05) is 5.57 Å². The van der Waals surface area contributed by atoms with Crippen LogP contribution >= 0.6 is 0 Å². The third kappa shape index (κ3) is 4.90. The van der Waals surface area contributed by atoms with Crippen molar-refractivity contribution < 1.29 is 14.2 Å². The van der Waals surface area contributed by atoms with Crippen LogP contribution in [0.25, 0.3) is 0 Å². The van der Waals surface area contributed by atoms with Gasteiger partial charge < -0.3 is 14.2 Å². The molecular weight excluding hydrogens is 252 g/mol. The Morgan fingerprint density at radius 3 is 2.40 bits per heavy atom. The Kier molecular flexibility index (Phi) is 5.79. The molecule has 0 saturated heterocycles. The van der Waals surface area contributed by atoms with Crippen LogP contribution in [-0.4, -0.2) is 6.61 Å². The zero-order valence-electron chi connectivity index (χ0n) is 11.0. The van der Waals surface area contributed by atoms with Crippen LogP contribution in [0.3, 0.4) is 0 Å². The van der Waals surface area contributed by atoms with Crippen molar-refractivity contribution in [1.82, 2.24) is 0 Å². The average Bonchev–Trinajstić information content (AvgIpc) is 2.54. The first-order valence-electron chi connectivity index (χ1n) is 6.29. The highest BCUT2D eigenvalue weighted by molar-refractivity contribution is 5.40. The van der Waals surface area contributed by atoms with Gasteiger partial charge in [0.1, 0.15) is 37.4 Å². The maximum Gasteiger partial charge on any atom is 0.133 e. The monoisotopic (exact) mass is 268 g/mol. The largest absolute Gasteiger partial charge is 0.494 e. The van der Waals surface area contributed by atoms with Crippen LogP contribution < -0.4 is 0 Å². The number of hydrogen-bond acceptors (Lipinski definition) is 3. The maximum atomic E-state index is 5.60. The van der Waals surface area contributed by atoms with Crippen molar-refractivity contribution in [3.8, 4) is 0 Å².